The van der Waals surface area contributed by atoms with E-state index in [0.717, 1.165) is 41.7 Å². The first-order chi connectivity index (χ1) is 8.25. The van der Waals surface area contributed by atoms with Crippen LogP contribution in [0, 0.1) is 0 Å². The molecule has 17 heavy (non-hydrogen) atoms. The predicted molar refractivity (Wildman–Crippen MR) is 69.4 cm³/mol. The third-order valence-corrected chi connectivity index (χ3v) is 3.56. The Morgan fingerprint density at radius 2 is 2.18 bits per heavy atom. The standard InChI is InChI=1S/C12H12BrN3O/c13-8-3-6-16-11(7-8)15-10-2-5-14-4-1-9(10)12(16)17/h3,6-7,14H,1-2,4-5H2. The Labute approximate surface area is 107 Å². The van der Waals surface area contributed by atoms with E-state index in [1.807, 2.05) is 12.1 Å². The van der Waals surface area contributed by atoms with E-state index in [4.69, 9.17) is 0 Å². The van der Waals surface area contributed by atoms with Crippen LogP contribution in [0.1, 0.15) is 11.3 Å². The zero-order chi connectivity index (χ0) is 11.8. The lowest BCUT2D eigenvalue weighted by molar-refractivity contribution is 0.708. The molecule has 3 heterocycles. The maximum absolute atomic E-state index is 12.3. The molecule has 1 N–H and O–H groups in total. The minimum atomic E-state index is 0.0706. The van der Waals surface area contributed by atoms with Crippen molar-refractivity contribution < 1.29 is 0 Å². The summed E-state index contributed by atoms with van der Waals surface area (Å²) in [4.78, 5) is 16.9. The van der Waals surface area contributed by atoms with Crippen LogP contribution in [0.2, 0.25) is 0 Å². The molecule has 5 heteroatoms. The topological polar surface area (TPSA) is 46.4 Å². The summed E-state index contributed by atoms with van der Waals surface area (Å²) in [6.45, 7) is 1.75. The number of halogens is 1. The number of rotatable bonds is 0. The lowest BCUT2D eigenvalue weighted by atomic mass is 10.1. The third kappa shape index (κ3) is 1.89. The van der Waals surface area contributed by atoms with Gasteiger partial charge in [0.1, 0.15) is 5.65 Å². The SMILES string of the molecule is O=c1c2c(nc3cc(Br)ccn13)CCNCC2. The molecule has 2 aromatic rings. The average molecular weight is 294 g/mol. The molecule has 88 valence electrons. The summed E-state index contributed by atoms with van der Waals surface area (Å²) < 4.78 is 2.56. The Morgan fingerprint density at radius 1 is 1.35 bits per heavy atom. The van der Waals surface area contributed by atoms with E-state index in [1.54, 1.807) is 10.6 Å². The van der Waals surface area contributed by atoms with Gasteiger partial charge in [0, 0.05) is 29.2 Å². The Balaban J connectivity index is 2.33. The molecule has 3 rings (SSSR count). The molecular weight excluding hydrogens is 282 g/mol. The van der Waals surface area contributed by atoms with Crippen LogP contribution in [0.25, 0.3) is 5.65 Å². The van der Waals surface area contributed by atoms with Crippen molar-refractivity contribution in [2.24, 2.45) is 0 Å². The molecule has 4 nitrogen and oxygen atoms in total. The molecule has 0 radical (unpaired) electrons. The van der Waals surface area contributed by atoms with Crippen LogP contribution in [0.3, 0.4) is 0 Å². The first kappa shape index (κ1) is 10.9. The summed E-state index contributed by atoms with van der Waals surface area (Å²) in [7, 11) is 0. The highest BCUT2D eigenvalue weighted by Gasteiger charge is 2.14. The Morgan fingerprint density at radius 3 is 3.06 bits per heavy atom. The predicted octanol–water partition coefficient (Wildman–Crippen LogP) is 1.15. The highest BCUT2D eigenvalue weighted by atomic mass is 79.9. The van der Waals surface area contributed by atoms with Crippen LogP contribution >= 0.6 is 15.9 Å². The van der Waals surface area contributed by atoms with Gasteiger partial charge < -0.3 is 5.32 Å². The van der Waals surface area contributed by atoms with Gasteiger partial charge in [0.05, 0.1) is 5.69 Å². The molecule has 0 unspecified atom stereocenters. The fourth-order valence-electron chi connectivity index (χ4n) is 2.20. The van der Waals surface area contributed by atoms with Crippen molar-refractivity contribution in [1.29, 1.82) is 0 Å². The number of pyridine rings is 1. The molecule has 0 saturated carbocycles. The summed E-state index contributed by atoms with van der Waals surface area (Å²) in [5.74, 6) is 0. The second kappa shape index (κ2) is 4.23. The molecule has 0 aromatic carbocycles. The maximum Gasteiger partial charge on any atom is 0.261 e. The number of nitrogens with one attached hydrogen (secondary N) is 1. The summed E-state index contributed by atoms with van der Waals surface area (Å²) >= 11 is 3.40. The zero-order valence-electron chi connectivity index (χ0n) is 9.24. The van der Waals surface area contributed by atoms with Gasteiger partial charge >= 0.3 is 0 Å². The van der Waals surface area contributed by atoms with Crippen molar-refractivity contribution in [3.05, 3.63) is 44.4 Å². The monoisotopic (exact) mass is 293 g/mol. The smallest absolute Gasteiger partial charge is 0.261 e. The van der Waals surface area contributed by atoms with Crippen LogP contribution in [0.5, 0.6) is 0 Å². The zero-order valence-corrected chi connectivity index (χ0v) is 10.8. The van der Waals surface area contributed by atoms with Crippen molar-refractivity contribution >= 4 is 21.6 Å². The minimum absolute atomic E-state index is 0.0706. The van der Waals surface area contributed by atoms with Crippen LogP contribution in [0.4, 0.5) is 0 Å². The molecule has 1 aliphatic rings. The van der Waals surface area contributed by atoms with E-state index >= 15 is 0 Å². The number of hydrogen-bond acceptors (Lipinski definition) is 3. The average Bonchev–Trinajstić information content (AvgIpc) is 2.54. The van der Waals surface area contributed by atoms with Gasteiger partial charge in [-0.2, -0.15) is 0 Å². The lowest BCUT2D eigenvalue weighted by Crippen LogP contribution is -2.23. The second-order valence-corrected chi connectivity index (χ2v) is 5.08. The van der Waals surface area contributed by atoms with Crippen LogP contribution < -0.4 is 10.9 Å². The van der Waals surface area contributed by atoms with E-state index in [0.29, 0.717) is 5.65 Å². The fourth-order valence-corrected chi connectivity index (χ4v) is 2.52. The van der Waals surface area contributed by atoms with Gasteiger partial charge in [-0.3, -0.25) is 9.20 Å². The Kier molecular flexibility index (Phi) is 2.72. The van der Waals surface area contributed by atoms with Crippen molar-refractivity contribution in [2.75, 3.05) is 13.1 Å². The van der Waals surface area contributed by atoms with E-state index in [-0.39, 0.29) is 5.56 Å². The molecule has 0 spiro atoms. The molecule has 2 aromatic heterocycles. The quantitative estimate of drug-likeness (QED) is 0.793. The van der Waals surface area contributed by atoms with Crippen LogP contribution in [-0.2, 0) is 12.8 Å². The summed E-state index contributed by atoms with van der Waals surface area (Å²) in [6.07, 6.45) is 3.36. The molecule has 0 aliphatic carbocycles. The highest BCUT2D eigenvalue weighted by molar-refractivity contribution is 9.10. The van der Waals surface area contributed by atoms with Crippen LogP contribution in [-0.4, -0.2) is 22.5 Å². The third-order valence-electron chi connectivity index (χ3n) is 3.06. The largest absolute Gasteiger partial charge is 0.316 e. The first-order valence-corrected chi connectivity index (χ1v) is 6.45. The van der Waals surface area contributed by atoms with Gasteiger partial charge in [0.25, 0.3) is 5.56 Å². The van der Waals surface area contributed by atoms with E-state index in [9.17, 15) is 4.79 Å². The van der Waals surface area contributed by atoms with E-state index in [2.05, 4.69) is 26.2 Å². The number of fused-ring (bicyclic) bond motifs is 2. The number of aromatic nitrogens is 2. The minimum Gasteiger partial charge on any atom is -0.316 e. The molecule has 0 saturated heterocycles. The van der Waals surface area contributed by atoms with Gasteiger partial charge in [-0.25, -0.2) is 4.98 Å². The van der Waals surface area contributed by atoms with E-state index in [1.165, 1.54) is 0 Å². The summed E-state index contributed by atoms with van der Waals surface area (Å²) in [5.41, 5.74) is 2.58. The lowest BCUT2D eigenvalue weighted by Gasteiger charge is -2.07. The Bertz CT molecular complexity index is 635. The molecule has 1 aliphatic heterocycles. The Hall–Kier alpha value is -1.20. The normalized spacial score (nSPS) is 15.6. The molecular formula is C12H12BrN3O. The highest BCUT2D eigenvalue weighted by Crippen LogP contribution is 2.13. The summed E-state index contributed by atoms with van der Waals surface area (Å²) in [5, 5.41) is 3.29. The van der Waals surface area contributed by atoms with Crippen molar-refractivity contribution in [2.45, 2.75) is 12.8 Å². The van der Waals surface area contributed by atoms with Crippen LogP contribution in [0.15, 0.2) is 27.6 Å². The molecule has 0 atom stereocenters. The number of hydrogen-bond donors (Lipinski definition) is 1. The number of nitrogens with zero attached hydrogens (tertiary/aromatic N) is 2. The van der Waals surface area contributed by atoms with Gasteiger partial charge in [0.15, 0.2) is 0 Å². The maximum atomic E-state index is 12.3. The molecule has 0 fully saturated rings. The van der Waals surface area contributed by atoms with Gasteiger partial charge in [-0.1, -0.05) is 15.9 Å². The second-order valence-electron chi connectivity index (χ2n) is 4.17. The summed E-state index contributed by atoms with van der Waals surface area (Å²) in [6, 6.07) is 3.73. The van der Waals surface area contributed by atoms with Crippen molar-refractivity contribution in [3.8, 4) is 0 Å². The molecule has 0 bridgehead atoms. The van der Waals surface area contributed by atoms with E-state index < -0.39 is 0 Å². The van der Waals surface area contributed by atoms with Gasteiger partial charge in [-0.15, -0.1) is 0 Å². The van der Waals surface area contributed by atoms with Crippen molar-refractivity contribution in [3.63, 3.8) is 0 Å². The molecule has 0 amide bonds. The first-order valence-electron chi connectivity index (χ1n) is 5.66. The van der Waals surface area contributed by atoms with Crippen molar-refractivity contribution in [1.82, 2.24) is 14.7 Å². The van der Waals surface area contributed by atoms with Gasteiger partial charge in [0.2, 0.25) is 0 Å². The van der Waals surface area contributed by atoms with Gasteiger partial charge in [-0.05, 0) is 25.1 Å². The fraction of sp³-hybridized carbons (Fsp3) is 0.333.